The molecule has 1 atom stereocenters. The number of methoxy groups -OCH3 is 1. The predicted molar refractivity (Wildman–Crippen MR) is 163 cm³/mol. The molecular weight excluding hydrogens is 530 g/mol. The Balaban J connectivity index is 1.59. The zero-order chi connectivity index (χ0) is 29.8. The summed E-state index contributed by atoms with van der Waals surface area (Å²) >= 11 is 0. The number of fused-ring (bicyclic) bond motifs is 1. The van der Waals surface area contributed by atoms with E-state index >= 15 is 0 Å². The number of nitrogens with zero attached hydrogens (tertiary/aromatic N) is 2. The minimum Gasteiger partial charge on any atom is -0.507 e. The zero-order valence-electron chi connectivity index (χ0n) is 25.0. The lowest BCUT2D eigenvalue weighted by atomic mass is 9.93. The highest BCUT2D eigenvalue weighted by Gasteiger charge is 2.42. The summed E-state index contributed by atoms with van der Waals surface area (Å²) in [4.78, 5) is 15.8. The smallest absolute Gasteiger partial charge is 0.273 e. The molecule has 2 N–H and O–H groups in total. The average molecular weight is 570 g/mol. The van der Waals surface area contributed by atoms with Crippen molar-refractivity contribution in [1.82, 2.24) is 15.1 Å². The van der Waals surface area contributed by atoms with Crippen LogP contribution in [0.5, 0.6) is 23.0 Å². The van der Waals surface area contributed by atoms with Crippen molar-refractivity contribution in [3.63, 3.8) is 0 Å². The van der Waals surface area contributed by atoms with E-state index in [9.17, 15) is 9.90 Å². The average Bonchev–Trinajstić information content (AvgIpc) is 3.53. The molecule has 0 saturated heterocycles. The van der Waals surface area contributed by atoms with E-state index in [1.807, 2.05) is 80.3 Å². The van der Waals surface area contributed by atoms with Crippen LogP contribution < -0.4 is 14.2 Å². The Morgan fingerprint density at radius 3 is 2.50 bits per heavy atom. The summed E-state index contributed by atoms with van der Waals surface area (Å²) in [6, 6.07) is 17.2. The summed E-state index contributed by atoms with van der Waals surface area (Å²) in [5, 5.41) is 18.6. The van der Waals surface area contributed by atoms with Gasteiger partial charge in [-0.1, -0.05) is 37.6 Å². The molecule has 2 heterocycles. The number of unbranched alkanes of at least 4 members (excludes halogenated alkanes) is 1. The Kier molecular flexibility index (Phi) is 8.71. The summed E-state index contributed by atoms with van der Waals surface area (Å²) in [5.74, 6) is 2.14. The number of hydrogen-bond donors (Lipinski definition) is 2. The van der Waals surface area contributed by atoms with Crippen molar-refractivity contribution in [3.05, 3.63) is 88.1 Å². The molecule has 8 heteroatoms. The van der Waals surface area contributed by atoms with Crippen molar-refractivity contribution in [3.8, 4) is 34.3 Å². The number of carbonyl (C=O) groups is 1. The number of aromatic nitrogens is 2. The minimum atomic E-state index is -0.441. The van der Waals surface area contributed by atoms with E-state index in [-0.39, 0.29) is 11.7 Å². The molecular formula is C34H39N3O5. The Bertz CT molecular complexity index is 1560. The van der Waals surface area contributed by atoms with Crippen LogP contribution in [-0.2, 0) is 6.42 Å². The second kappa shape index (κ2) is 12.6. The summed E-state index contributed by atoms with van der Waals surface area (Å²) < 4.78 is 17.4. The molecule has 220 valence electrons. The molecule has 0 spiro atoms. The SMILES string of the molecule is CCCCOc1ccc(C2c3c(-c4cc(C)cc(C)c4O)n[nH]c3C(=O)N2CCc2ccc(OC)cc2)cc1OCC. The molecule has 1 unspecified atom stereocenters. The van der Waals surface area contributed by atoms with Crippen LogP contribution in [0.15, 0.2) is 54.6 Å². The number of hydrogen-bond acceptors (Lipinski definition) is 6. The first-order chi connectivity index (χ1) is 20.4. The molecule has 4 aromatic rings. The number of aryl methyl sites for hydroxylation is 2. The van der Waals surface area contributed by atoms with E-state index in [0.717, 1.165) is 46.4 Å². The zero-order valence-corrected chi connectivity index (χ0v) is 25.0. The van der Waals surface area contributed by atoms with Crippen molar-refractivity contribution >= 4 is 5.91 Å². The maximum absolute atomic E-state index is 13.9. The second-order valence-electron chi connectivity index (χ2n) is 10.7. The first-order valence-corrected chi connectivity index (χ1v) is 14.6. The molecule has 1 aliphatic heterocycles. The molecule has 5 rings (SSSR count). The minimum absolute atomic E-state index is 0.132. The Morgan fingerprint density at radius 2 is 1.79 bits per heavy atom. The van der Waals surface area contributed by atoms with Gasteiger partial charge in [-0.25, -0.2) is 0 Å². The standard InChI is InChI=1S/C34H39N3O5/c1-6-8-17-42-27-14-11-24(20-28(27)41-7-2)32-29-30(26-19-21(3)18-22(4)33(26)38)35-36-31(29)34(39)37(32)16-15-23-9-12-25(40-5)13-10-23/h9-14,18-20,32,38H,6-8,15-17H2,1-5H3,(H,35,36). The third-order valence-electron chi connectivity index (χ3n) is 7.70. The quantitative estimate of drug-likeness (QED) is 0.183. The van der Waals surface area contributed by atoms with Gasteiger partial charge in [0.15, 0.2) is 11.5 Å². The molecule has 0 radical (unpaired) electrons. The van der Waals surface area contributed by atoms with Crippen LogP contribution in [0.25, 0.3) is 11.3 Å². The Morgan fingerprint density at radius 1 is 1.00 bits per heavy atom. The predicted octanol–water partition coefficient (Wildman–Crippen LogP) is 6.77. The number of phenolic OH excluding ortho intramolecular Hbond substituents is 1. The van der Waals surface area contributed by atoms with Crippen LogP contribution in [-0.4, -0.2) is 53.0 Å². The number of rotatable bonds is 12. The molecule has 8 nitrogen and oxygen atoms in total. The van der Waals surface area contributed by atoms with Gasteiger partial charge >= 0.3 is 0 Å². The van der Waals surface area contributed by atoms with Crippen LogP contribution in [0, 0.1) is 13.8 Å². The third kappa shape index (κ3) is 5.66. The van der Waals surface area contributed by atoms with Crippen LogP contribution in [0.2, 0.25) is 0 Å². The van der Waals surface area contributed by atoms with Gasteiger partial charge in [-0.05, 0) is 86.2 Å². The highest BCUT2D eigenvalue weighted by atomic mass is 16.5. The summed E-state index contributed by atoms with van der Waals surface area (Å²) in [5.41, 5.74) is 6.09. The van der Waals surface area contributed by atoms with E-state index in [4.69, 9.17) is 14.2 Å². The van der Waals surface area contributed by atoms with Crippen molar-refractivity contribution in [2.24, 2.45) is 0 Å². The first-order valence-electron chi connectivity index (χ1n) is 14.6. The van der Waals surface area contributed by atoms with Crippen LogP contribution in [0.1, 0.15) is 71.0 Å². The summed E-state index contributed by atoms with van der Waals surface area (Å²) in [7, 11) is 1.64. The Hall–Kier alpha value is -4.46. The lowest BCUT2D eigenvalue weighted by molar-refractivity contribution is 0.0745. The monoisotopic (exact) mass is 569 g/mol. The number of benzene rings is 3. The number of nitrogens with one attached hydrogen (secondary N) is 1. The third-order valence-corrected chi connectivity index (χ3v) is 7.70. The fraction of sp³-hybridized carbons (Fsp3) is 0.353. The van der Waals surface area contributed by atoms with Gasteiger partial charge in [0.05, 0.1) is 26.4 Å². The summed E-state index contributed by atoms with van der Waals surface area (Å²) in [6.45, 7) is 9.49. The number of H-pyrrole nitrogens is 1. The van der Waals surface area contributed by atoms with E-state index in [1.165, 1.54) is 0 Å². The lowest BCUT2D eigenvalue weighted by Gasteiger charge is -2.27. The molecule has 0 saturated carbocycles. The van der Waals surface area contributed by atoms with E-state index < -0.39 is 6.04 Å². The number of aromatic hydroxyl groups is 1. The van der Waals surface area contributed by atoms with Crippen molar-refractivity contribution in [2.75, 3.05) is 26.9 Å². The highest BCUT2D eigenvalue weighted by Crippen LogP contribution is 2.46. The number of amides is 1. The largest absolute Gasteiger partial charge is 0.507 e. The molecule has 0 fully saturated rings. The van der Waals surface area contributed by atoms with Gasteiger partial charge in [-0.2, -0.15) is 5.10 Å². The van der Waals surface area contributed by atoms with Gasteiger partial charge in [0.1, 0.15) is 22.9 Å². The lowest BCUT2D eigenvalue weighted by Crippen LogP contribution is -2.31. The van der Waals surface area contributed by atoms with Gasteiger partial charge < -0.3 is 24.2 Å². The van der Waals surface area contributed by atoms with Gasteiger partial charge in [-0.3, -0.25) is 9.89 Å². The van der Waals surface area contributed by atoms with Crippen LogP contribution >= 0.6 is 0 Å². The highest BCUT2D eigenvalue weighted by molar-refractivity contribution is 6.00. The second-order valence-corrected chi connectivity index (χ2v) is 10.7. The van der Waals surface area contributed by atoms with E-state index in [0.29, 0.717) is 54.6 Å². The van der Waals surface area contributed by atoms with Crippen molar-refractivity contribution < 1.29 is 24.1 Å². The normalized spacial score (nSPS) is 14.3. The molecule has 42 heavy (non-hydrogen) atoms. The number of ether oxygens (including phenoxy) is 3. The molecule has 3 aromatic carbocycles. The topological polar surface area (TPSA) is 96.9 Å². The Labute approximate surface area is 247 Å². The summed E-state index contributed by atoms with van der Waals surface area (Å²) in [6.07, 6.45) is 2.64. The van der Waals surface area contributed by atoms with Crippen molar-refractivity contribution in [1.29, 1.82) is 0 Å². The van der Waals surface area contributed by atoms with Gasteiger partial charge in [0.25, 0.3) is 5.91 Å². The molecule has 1 amide bonds. The van der Waals surface area contributed by atoms with Crippen LogP contribution in [0.4, 0.5) is 0 Å². The maximum Gasteiger partial charge on any atom is 0.273 e. The number of carbonyl (C=O) groups excluding carboxylic acids is 1. The van der Waals surface area contributed by atoms with Gasteiger partial charge in [0, 0.05) is 17.7 Å². The fourth-order valence-corrected chi connectivity index (χ4v) is 5.57. The maximum atomic E-state index is 13.9. The molecule has 0 aliphatic carbocycles. The molecule has 1 aromatic heterocycles. The van der Waals surface area contributed by atoms with Crippen molar-refractivity contribution in [2.45, 2.75) is 53.0 Å². The first kappa shape index (κ1) is 29.0. The fourth-order valence-electron chi connectivity index (χ4n) is 5.57. The molecule has 1 aliphatic rings. The van der Waals surface area contributed by atoms with E-state index in [2.05, 4.69) is 17.1 Å². The number of phenols is 1. The van der Waals surface area contributed by atoms with E-state index in [1.54, 1.807) is 7.11 Å². The van der Waals surface area contributed by atoms with Gasteiger partial charge in [-0.15, -0.1) is 0 Å². The molecule has 0 bridgehead atoms. The number of aromatic amines is 1. The van der Waals surface area contributed by atoms with Gasteiger partial charge in [0.2, 0.25) is 0 Å². The van der Waals surface area contributed by atoms with Crippen LogP contribution in [0.3, 0.4) is 0 Å².